The number of carbonyl (C=O) groups is 1. The molecule has 0 atom stereocenters. The van der Waals surface area contributed by atoms with Crippen molar-refractivity contribution >= 4 is 27.6 Å². The zero-order chi connectivity index (χ0) is 13.0. The predicted octanol–water partition coefficient (Wildman–Crippen LogP) is 2.60. The Morgan fingerprint density at radius 3 is 2.71 bits per heavy atom. The molecule has 0 aliphatic carbocycles. The fraction of sp³-hybridized carbons (Fsp3) is 0.300. The second-order valence-corrected chi connectivity index (χ2v) is 4.00. The van der Waals surface area contributed by atoms with Gasteiger partial charge in [0.15, 0.2) is 0 Å². The number of ether oxygens (including phenoxy) is 1. The minimum absolute atomic E-state index is 0.00167. The molecule has 7 heteroatoms. The minimum Gasteiger partial charge on any atom is -0.466 e. The zero-order valence-corrected chi connectivity index (χ0v) is 10.5. The van der Waals surface area contributed by atoms with Gasteiger partial charge in [0.25, 0.3) is 0 Å². The standard InChI is InChI=1S/C10H9BrFNO4/c1-2-17-9(14)5-6-3-7(11)10(13(15)16)8(12)4-6/h3-4H,2,5H2,1H3. The van der Waals surface area contributed by atoms with Gasteiger partial charge in [-0.3, -0.25) is 14.9 Å². The normalized spacial score (nSPS) is 10.1. The lowest BCUT2D eigenvalue weighted by atomic mass is 10.1. The van der Waals surface area contributed by atoms with Crippen molar-refractivity contribution in [2.45, 2.75) is 13.3 Å². The molecule has 0 aromatic heterocycles. The maximum Gasteiger partial charge on any atom is 0.318 e. The molecule has 1 aromatic carbocycles. The number of halogens is 2. The topological polar surface area (TPSA) is 69.4 Å². The molecule has 1 aromatic rings. The molecule has 0 bridgehead atoms. The summed E-state index contributed by atoms with van der Waals surface area (Å²) in [6.07, 6.45) is -0.124. The fourth-order valence-corrected chi connectivity index (χ4v) is 1.90. The van der Waals surface area contributed by atoms with Crippen LogP contribution in [0, 0.1) is 15.9 Å². The predicted molar refractivity (Wildman–Crippen MR) is 61.1 cm³/mol. The summed E-state index contributed by atoms with van der Waals surface area (Å²) in [6, 6.07) is 2.29. The number of hydrogen-bond donors (Lipinski definition) is 0. The fourth-order valence-electron chi connectivity index (χ4n) is 1.27. The first-order valence-electron chi connectivity index (χ1n) is 4.73. The van der Waals surface area contributed by atoms with Crippen LogP contribution in [-0.4, -0.2) is 17.5 Å². The third-order valence-electron chi connectivity index (χ3n) is 1.91. The van der Waals surface area contributed by atoms with Crippen LogP contribution in [0.1, 0.15) is 12.5 Å². The highest BCUT2D eigenvalue weighted by atomic mass is 79.9. The first kappa shape index (κ1) is 13.6. The van der Waals surface area contributed by atoms with E-state index in [1.54, 1.807) is 6.92 Å². The first-order chi connectivity index (χ1) is 7.95. The molecule has 0 fully saturated rings. The SMILES string of the molecule is CCOC(=O)Cc1cc(F)c([N+](=O)[O-])c(Br)c1. The largest absolute Gasteiger partial charge is 0.466 e. The molecule has 0 amide bonds. The van der Waals surface area contributed by atoms with Crippen molar-refractivity contribution < 1.29 is 18.8 Å². The summed E-state index contributed by atoms with van der Waals surface area (Å²) in [6.45, 7) is 1.89. The van der Waals surface area contributed by atoms with E-state index in [-0.39, 0.29) is 17.5 Å². The molecule has 17 heavy (non-hydrogen) atoms. The summed E-state index contributed by atoms with van der Waals surface area (Å²) in [4.78, 5) is 20.9. The monoisotopic (exact) mass is 305 g/mol. The molecule has 0 saturated heterocycles. The lowest BCUT2D eigenvalue weighted by molar-refractivity contribution is -0.388. The molecule has 0 aliphatic heterocycles. The number of benzene rings is 1. The highest BCUT2D eigenvalue weighted by Gasteiger charge is 2.20. The number of rotatable bonds is 4. The Hall–Kier alpha value is -1.50. The highest BCUT2D eigenvalue weighted by Crippen LogP contribution is 2.29. The van der Waals surface area contributed by atoms with E-state index >= 15 is 0 Å². The third kappa shape index (κ3) is 3.48. The summed E-state index contributed by atoms with van der Waals surface area (Å²) in [5.74, 6) is -1.49. The van der Waals surface area contributed by atoms with Gasteiger partial charge in [0, 0.05) is 0 Å². The second kappa shape index (κ2) is 5.72. The van der Waals surface area contributed by atoms with Gasteiger partial charge in [-0.05, 0) is 40.5 Å². The van der Waals surface area contributed by atoms with Gasteiger partial charge in [-0.1, -0.05) is 0 Å². The van der Waals surface area contributed by atoms with Gasteiger partial charge in [0.1, 0.15) is 0 Å². The lowest BCUT2D eigenvalue weighted by Gasteiger charge is -2.04. The number of nitro benzene ring substituents is 1. The van der Waals surface area contributed by atoms with Gasteiger partial charge in [-0.2, -0.15) is 4.39 Å². The van der Waals surface area contributed by atoms with Crippen molar-refractivity contribution in [3.05, 3.63) is 38.1 Å². The maximum atomic E-state index is 13.4. The van der Waals surface area contributed by atoms with E-state index < -0.39 is 22.4 Å². The van der Waals surface area contributed by atoms with Crippen LogP contribution in [0.2, 0.25) is 0 Å². The average molecular weight is 306 g/mol. The summed E-state index contributed by atoms with van der Waals surface area (Å²) in [5, 5.41) is 10.5. The van der Waals surface area contributed by atoms with E-state index in [0.717, 1.165) is 6.07 Å². The van der Waals surface area contributed by atoms with Crippen LogP contribution in [0.4, 0.5) is 10.1 Å². The van der Waals surface area contributed by atoms with E-state index in [1.165, 1.54) is 6.07 Å². The van der Waals surface area contributed by atoms with Crippen LogP contribution in [-0.2, 0) is 16.0 Å². The average Bonchev–Trinajstić information content (AvgIpc) is 2.15. The van der Waals surface area contributed by atoms with Gasteiger partial charge >= 0.3 is 11.7 Å². The quantitative estimate of drug-likeness (QED) is 0.487. The van der Waals surface area contributed by atoms with Crippen LogP contribution in [0.15, 0.2) is 16.6 Å². The van der Waals surface area contributed by atoms with Crippen LogP contribution < -0.4 is 0 Å². The molecule has 0 aliphatic rings. The van der Waals surface area contributed by atoms with Crippen LogP contribution in [0.5, 0.6) is 0 Å². The number of hydrogen-bond acceptors (Lipinski definition) is 4. The molecule has 5 nitrogen and oxygen atoms in total. The molecule has 0 unspecified atom stereocenters. The molecular weight excluding hydrogens is 297 g/mol. The Morgan fingerprint density at radius 2 is 2.24 bits per heavy atom. The number of nitrogens with zero attached hydrogens (tertiary/aromatic N) is 1. The van der Waals surface area contributed by atoms with Crippen LogP contribution >= 0.6 is 15.9 Å². The van der Waals surface area contributed by atoms with Gasteiger partial charge in [0.05, 0.1) is 22.4 Å². The Balaban J connectivity index is 2.98. The van der Waals surface area contributed by atoms with E-state index in [0.29, 0.717) is 5.56 Å². The summed E-state index contributed by atoms with van der Waals surface area (Å²) >= 11 is 2.89. The number of esters is 1. The van der Waals surface area contributed by atoms with Gasteiger partial charge in [-0.15, -0.1) is 0 Å². The summed E-state index contributed by atoms with van der Waals surface area (Å²) in [7, 11) is 0. The molecule has 92 valence electrons. The number of nitro groups is 1. The van der Waals surface area contributed by atoms with Gasteiger partial charge in [-0.25, -0.2) is 0 Å². The molecule has 0 saturated carbocycles. The van der Waals surface area contributed by atoms with E-state index in [2.05, 4.69) is 15.9 Å². The van der Waals surface area contributed by atoms with Gasteiger partial charge in [0.2, 0.25) is 5.82 Å². The summed E-state index contributed by atoms with van der Waals surface area (Å²) < 4.78 is 18.1. The molecule has 0 heterocycles. The van der Waals surface area contributed by atoms with Crippen molar-refractivity contribution in [1.29, 1.82) is 0 Å². The Kier molecular flexibility index (Phi) is 4.56. The van der Waals surface area contributed by atoms with Crippen LogP contribution in [0.25, 0.3) is 0 Å². The van der Waals surface area contributed by atoms with E-state index in [4.69, 9.17) is 4.74 Å². The molecule has 0 N–H and O–H groups in total. The van der Waals surface area contributed by atoms with Gasteiger partial charge < -0.3 is 4.74 Å². The van der Waals surface area contributed by atoms with Crippen molar-refractivity contribution in [2.24, 2.45) is 0 Å². The number of carbonyl (C=O) groups excluding carboxylic acids is 1. The lowest BCUT2D eigenvalue weighted by Crippen LogP contribution is -2.08. The first-order valence-corrected chi connectivity index (χ1v) is 5.53. The molecule has 0 spiro atoms. The van der Waals surface area contributed by atoms with Crippen molar-refractivity contribution in [3.63, 3.8) is 0 Å². The second-order valence-electron chi connectivity index (χ2n) is 3.15. The Morgan fingerprint density at radius 1 is 1.59 bits per heavy atom. The Labute approximate surface area is 105 Å². The highest BCUT2D eigenvalue weighted by molar-refractivity contribution is 9.10. The van der Waals surface area contributed by atoms with Crippen molar-refractivity contribution in [2.75, 3.05) is 6.61 Å². The van der Waals surface area contributed by atoms with Crippen molar-refractivity contribution in [1.82, 2.24) is 0 Å². The van der Waals surface area contributed by atoms with Crippen molar-refractivity contribution in [3.8, 4) is 0 Å². The molecule has 0 radical (unpaired) electrons. The summed E-state index contributed by atoms with van der Waals surface area (Å²) in [5.41, 5.74) is -0.323. The van der Waals surface area contributed by atoms with E-state index in [9.17, 15) is 19.3 Å². The molecule has 1 rings (SSSR count). The van der Waals surface area contributed by atoms with E-state index in [1.807, 2.05) is 0 Å². The maximum absolute atomic E-state index is 13.4. The molecular formula is C10H9BrFNO4. The minimum atomic E-state index is -0.983. The third-order valence-corrected chi connectivity index (χ3v) is 2.52. The Bertz CT molecular complexity index is 441. The zero-order valence-electron chi connectivity index (χ0n) is 8.91. The van der Waals surface area contributed by atoms with Crippen LogP contribution in [0.3, 0.4) is 0 Å². The smallest absolute Gasteiger partial charge is 0.318 e.